The predicted octanol–water partition coefficient (Wildman–Crippen LogP) is -9.54. The van der Waals surface area contributed by atoms with Crippen molar-refractivity contribution in [3.05, 3.63) is 0 Å². The predicted molar refractivity (Wildman–Crippen MR) is 37.6 cm³/mol. The number of carbonyl (C=O) groups excluding carboxylic acids is 1. The molecule has 0 saturated heterocycles. The normalized spacial score (nSPS) is 6.73. The number of nitrogens with two attached hydrogens (primary N) is 1. The summed E-state index contributed by atoms with van der Waals surface area (Å²) in [5.74, 6) is -1.23. The number of carboxylic acid groups (broad SMARTS) is 3. The van der Waals surface area contributed by atoms with E-state index in [9.17, 15) is 4.79 Å². The summed E-state index contributed by atoms with van der Waals surface area (Å²) in [6.45, 7) is -0.227. The number of rotatable bonds is 2. The topological polar surface area (TPSA) is 154 Å². The van der Waals surface area contributed by atoms with Gasteiger partial charge in [-0.05, 0) is 6.16 Å². The zero-order chi connectivity index (χ0) is 11.0. The third-order valence-corrected chi connectivity index (χ3v) is 0.784. The molecule has 0 aliphatic heterocycles. The van der Waals surface area contributed by atoms with E-state index >= 15 is 0 Å². The SMILES string of the molecule is CN(CC(=O)O)C(=N)N.O=C([O-])[O-].[K+].[K+]. The molecule has 4 N–H and O–H groups in total. The molecule has 15 heavy (non-hydrogen) atoms. The fourth-order valence-electron chi connectivity index (χ4n) is 0.288. The molecule has 0 aliphatic rings. The van der Waals surface area contributed by atoms with E-state index in [1.807, 2.05) is 0 Å². The first-order valence-corrected chi connectivity index (χ1v) is 2.92. The van der Waals surface area contributed by atoms with Crippen molar-refractivity contribution in [1.29, 1.82) is 5.41 Å². The monoisotopic (exact) mass is 269 g/mol. The van der Waals surface area contributed by atoms with E-state index in [0.717, 1.165) is 4.90 Å². The Bertz CT molecular complexity index is 209. The Morgan fingerprint density at radius 2 is 1.67 bits per heavy atom. The molecule has 0 aromatic carbocycles. The van der Waals surface area contributed by atoms with Gasteiger partial charge in [0.1, 0.15) is 6.54 Å². The summed E-state index contributed by atoms with van der Waals surface area (Å²) in [6.07, 6.45) is -2.33. The van der Waals surface area contributed by atoms with Gasteiger partial charge in [-0.25, -0.2) is 0 Å². The van der Waals surface area contributed by atoms with E-state index in [0.29, 0.717) is 0 Å². The number of guanidine groups is 1. The fourth-order valence-corrected chi connectivity index (χ4v) is 0.288. The van der Waals surface area contributed by atoms with Gasteiger partial charge in [-0.2, -0.15) is 0 Å². The minimum Gasteiger partial charge on any atom is -0.652 e. The van der Waals surface area contributed by atoms with Gasteiger partial charge < -0.3 is 30.7 Å². The summed E-state index contributed by atoms with van der Waals surface area (Å²) in [5, 5.41) is 31.5. The van der Waals surface area contributed by atoms with Gasteiger partial charge in [0.05, 0.1) is 0 Å². The van der Waals surface area contributed by atoms with Crippen molar-refractivity contribution in [1.82, 2.24) is 4.90 Å². The van der Waals surface area contributed by atoms with Crippen LogP contribution in [0.25, 0.3) is 0 Å². The molecule has 0 atom stereocenters. The van der Waals surface area contributed by atoms with Crippen molar-refractivity contribution in [3.8, 4) is 0 Å². The largest absolute Gasteiger partial charge is 1.00 e. The summed E-state index contributed by atoms with van der Waals surface area (Å²) in [6, 6.07) is 0. The van der Waals surface area contributed by atoms with Crippen LogP contribution in [-0.4, -0.2) is 41.7 Å². The van der Waals surface area contributed by atoms with Crippen molar-refractivity contribution in [2.45, 2.75) is 0 Å². The van der Waals surface area contributed by atoms with Gasteiger partial charge in [0.25, 0.3) is 0 Å². The number of likely N-dealkylation sites (N-methyl/N-ethyl adjacent to an activating group) is 1. The Kier molecular flexibility index (Phi) is 25.7. The zero-order valence-electron chi connectivity index (χ0n) is 8.81. The van der Waals surface area contributed by atoms with Crippen LogP contribution in [0.1, 0.15) is 0 Å². The third-order valence-electron chi connectivity index (χ3n) is 0.784. The van der Waals surface area contributed by atoms with Gasteiger partial charge in [0.2, 0.25) is 0 Å². The van der Waals surface area contributed by atoms with E-state index in [1.54, 1.807) is 0 Å². The summed E-state index contributed by atoms with van der Waals surface area (Å²) in [7, 11) is 1.44. The van der Waals surface area contributed by atoms with E-state index in [4.69, 9.17) is 31.3 Å². The first-order valence-electron chi connectivity index (χ1n) is 2.92. The number of carboxylic acids is 1. The molecular weight excluding hydrogens is 260 g/mol. The molecule has 76 valence electrons. The molecule has 0 aromatic rings. The molecule has 10 heteroatoms. The Labute approximate surface area is 172 Å². The first-order chi connectivity index (χ1) is 5.77. The van der Waals surface area contributed by atoms with E-state index in [2.05, 4.69) is 0 Å². The Balaban J connectivity index is -0.0000000883. The molecule has 0 heterocycles. The molecule has 0 aliphatic carbocycles. The summed E-state index contributed by atoms with van der Waals surface area (Å²) >= 11 is 0. The molecule has 0 spiro atoms. The molecule has 0 amide bonds. The second kappa shape index (κ2) is 15.3. The summed E-state index contributed by atoms with van der Waals surface area (Å²) in [5.41, 5.74) is 4.93. The maximum absolute atomic E-state index is 9.92. The molecular formula is C5H9K2N3O5. The quantitative estimate of drug-likeness (QED) is 0.255. The van der Waals surface area contributed by atoms with Crippen molar-refractivity contribution in [3.63, 3.8) is 0 Å². The fraction of sp³-hybridized carbons (Fsp3) is 0.400. The van der Waals surface area contributed by atoms with Gasteiger partial charge in [-0.3, -0.25) is 10.2 Å². The second-order valence-corrected chi connectivity index (χ2v) is 1.89. The average molecular weight is 269 g/mol. The standard InChI is InChI=1S/C4H9N3O2.CH2O3.2K/c1-7(4(5)6)2-3(8)9;2-1(3)4;;/h2H2,1H3,(H3,5,6)(H,8,9);(H2,2,3,4);;/q;;2*+1/p-2. The van der Waals surface area contributed by atoms with Crippen molar-refractivity contribution in [2.75, 3.05) is 13.6 Å². The maximum atomic E-state index is 9.92. The number of nitrogens with zero attached hydrogens (tertiary/aromatic N) is 1. The summed E-state index contributed by atoms with van der Waals surface area (Å²) < 4.78 is 0. The van der Waals surface area contributed by atoms with Gasteiger partial charge in [-0.15, -0.1) is 0 Å². The Morgan fingerprint density at radius 3 is 1.73 bits per heavy atom. The van der Waals surface area contributed by atoms with Crippen LogP contribution in [0.5, 0.6) is 0 Å². The van der Waals surface area contributed by atoms with Crippen LogP contribution in [0.4, 0.5) is 4.79 Å². The van der Waals surface area contributed by atoms with Gasteiger partial charge in [0.15, 0.2) is 5.96 Å². The minimum atomic E-state index is -2.33. The van der Waals surface area contributed by atoms with Crippen molar-refractivity contribution in [2.24, 2.45) is 5.73 Å². The molecule has 0 rings (SSSR count). The van der Waals surface area contributed by atoms with Crippen molar-refractivity contribution < 1.29 is 128 Å². The number of hydrogen-bond donors (Lipinski definition) is 3. The molecule has 0 aromatic heterocycles. The van der Waals surface area contributed by atoms with Gasteiger partial charge in [0, 0.05) is 7.05 Å². The van der Waals surface area contributed by atoms with Crippen LogP contribution < -0.4 is 119 Å². The number of carbonyl (C=O) groups is 2. The van der Waals surface area contributed by atoms with Crippen molar-refractivity contribution >= 4 is 18.1 Å². The van der Waals surface area contributed by atoms with Crippen LogP contribution in [0.3, 0.4) is 0 Å². The molecule has 0 unspecified atom stereocenters. The Hall–Kier alpha value is 1.28. The zero-order valence-corrected chi connectivity index (χ0v) is 15.1. The Morgan fingerprint density at radius 1 is 1.40 bits per heavy atom. The van der Waals surface area contributed by atoms with E-state index in [1.165, 1.54) is 7.05 Å². The van der Waals surface area contributed by atoms with Crippen LogP contribution in [-0.2, 0) is 4.79 Å². The van der Waals surface area contributed by atoms with Crippen LogP contribution in [0, 0.1) is 5.41 Å². The van der Waals surface area contributed by atoms with Gasteiger partial charge >= 0.3 is 109 Å². The number of aliphatic carboxylic acids is 1. The van der Waals surface area contributed by atoms with E-state index < -0.39 is 12.1 Å². The molecule has 0 fully saturated rings. The van der Waals surface area contributed by atoms with Crippen LogP contribution in [0.15, 0.2) is 0 Å². The number of hydrogen-bond acceptors (Lipinski definition) is 5. The van der Waals surface area contributed by atoms with Crippen LogP contribution in [0.2, 0.25) is 0 Å². The minimum absolute atomic E-state index is 0. The molecule has 8 nitrogen and oxygen atoms in total. The first kappa shape index (κ1) is 25.2. The maximum Gasteiger partial charge on any atom is 1.00 e. The molecule has 0 bridgehead atoms. The molecule has 0 saturated carbocycles. The van der Waals surface area contributed by atoms with E-state index in [-0.39, 0.29) is 115 Å². The average Bonchev–Trinajstić information content (AvgIpc) is 1.83. The molecule has 0 radical (unpaired) electrons. The second-order valence-electron chi connectivity index (χ2n) is 1.89. The smallest absolute Gasteiger partial charge is 0.652 e. The van der Waals surface area contributed by atoms with Crippen LogP contribution >= 0.6 is 0 Å². The summed E-state index contributed by atoms with van der Waals surface area (Å²) in [4.78, 5) is 19.4. The van der Waals surface area contributed by atoms with Gasteiger partial charge in [-0.1, -0.05) is 0 Å². The third kappa shape index (κ3) is 31.3. The number of nitrogens with one attached hydrogen (secondary N) is 1.